The average Bonchev–Trinajstić information content (AvgIpc) is 2.14. The number of ether oxygens (including phenoxy) is 2. The van der Waals surface area contributed by atoms with E-state index in [0.29, 0.717) is 17.4 Å². The van der Waals surface area contributed by atoms with Gasteiger partial charge >= 0.3 is 19.8 Å². The lowest BCUT2D eigenvalue weighted by molar-refractivity contribution is -0.870. The van der Waals surface area contributed by atoms with Gasteiger partial charge in [-0.05, 0) is 77.0 Å². The first-order valence-corrected chi connectivity index (χ1v) is 40.5. The first-order valence-electron chi connectivity index (χ1n) is 39.0. The van der Waals surface area contributed by atoms with E-state index in [-0.39, 0.29) is 32.0 Å². The topological polar surface area (TPSA) is 108 Å². The number of hydrogen-bond donors (Lipinski definition) is 1. The first-order chi connectivity index (χ1) is 45.0. The maximum Gasteiger partial charge on any atom is 0.472 e. The second-order valence-electron chi connectivity index (χ2n) is 27.4. The lowest BCUT2D eigenvalue weighted by atomic mass is 10.0. The summed E-state index contributed by atoms with van der Waals surface area (Å²) in [5.41, 5.74) is 0. The lowest BCUT2D eigenvalue weighted by Crippen LogP contribution is -2.37. The van der Waals surface area contributed by atoms with Crippen molar-refractivity contribution in [3.8, 4) is 0 Å². The number of allylic oxidation sites excluding steroid dienone is 16. The van der Waals surface area contributed by atoms with Crippen molar-refractivity contribution in [1.29, 1.82) is 0 Å². The molecule has 0 aliphatic rings. The predicted octanol–water partition coefficient (Wildman–Crippen LogP) is 25.8. The van der Waals surface area contributed by atoms with E-state index in [0.717, 1.165) is 83.5 Å². The second-order valence-corrected chi connectivity index (χ2v) is 28.8. The summed E-state index contributed by atoms with van der Waals surface area (Å²) >= 11 is 0. The summed E-state index contributed by atoms with van der Waals surface area (Å²) in [6.07, 6.45) is 101. The van der Waals surface area contributed by atoms with E-state index < -0.39 is 26.5 Å². The highest BCUT2D eigenvalue weighted by Gasteiger charge is 2.27. The Morgan fingerprint density at radius 1 is 0.348 bits per heavy atom. The van der Waals surface area contributed by atoms with Crippen molar-refractivity contribution in [3.63, 3.8) is 0 Å². The Kier molecular flexibility index (Phi) is 69.8. The molecule has 0 amide bonds. The van der Waals surface area contributed by atoms with Crippen molar-refractivity contribution in [1.82, 2.24) is 0 Å². The molecular weight excluding hydrogens is 1160 g/mol. The van der Waals surface area contributed by atoms with Gasteiger partial charge in [-0.25, -0.2) is 4.57 Å². The average molecular weight is 1310 g/mol. The molecule has 0 radical (unpaired) electrons. The summed E-state index contributed by atoms with van der Waals surface area (Å²) in [6, 6.07) is 0. The van der Waals surface area contributed by atoms with Gasteiger partial charge in [-0.1, -0.05) is 368 Å². The second kappa shape index (κ2) is 72.2. The lowest BCUT2D eigenvalue weighted by Gasteiger charge is -2.24. The zero-order valence-electron chi connectivity index (χ0n) is 61.0. The molecule has 0 spiro atoms. The van der Waals surface area contributed by atoms with Gasteiger partial charge in [0.05, 0.1) is 27.7 Å². The minimum atomic E-state index is -4.41. The van der Waals surface area contributed by atoms with Crippen molar-refractivity contribution in [3.05, 3.63) is 97.2 Å². The van der Waals surface area contributed by atoms with Gasteiger partial charge in [0.1, 0.15) is 19.8 Å². The Morgan fingerprint density at radius 3 is 0.924 bits per heavy atom. The van der Waals surface area contributed by atoms with Crippen molar-refractivity contribution in [2.75, 3.05) is 47.5 Å². The highest BCUT2D eigenvalue weighted by Crippen LogP contribution is 2.43. The molecule has 0 aliphatic carbocycles. The number of phosphoric acid groups is 1. The molecule has 2 atom stereocenters. The smallest absolute Gasteiger partial charge is 0.462 e. The molecule has 0 bridgehead atoms. The zero-order valence-corrected chi connectivity index (χ0v) is 61.9. The van der Waals surface area contributed by atoms with Crippen LogP contribution in [-0.2, 0) is 32.7 Å². The van der Waals surface area contributed by atoms with Crippen molar-refractivity contribution >= 4 is 19.8 Å². The number of likely N-dealkylation sites (N-methyl/N-ethyl adjacent to an activating group) is 1. The number of esters is 2. The molecule has 2 unspecified atom stereocenters. The van der Waals surface area contributed by atoms with Crippen LogP contribution in [0.25, 0.3) is 0 Å². The Morgan fingerprint density at radius 2 is 0.620 bits per heavy atom. The summed E-state index contributed by atoms with van der Waals surface area (Å²) in [6.45, 7) is 4.31. The number of rotatable bonds is 72. The van der Waals surface area contributed by atoms with Crippen LogP contribution in [0.2, 0.25) is 0 Å². The van der Waals surface area contributed by atoms with E-state index in [1.54, 1.807) is 0 Å². The van der Waals surface area contributed by atoms with E-state index >= 15 is 0 Å². The Balaban J connectivity index is 3.96. The van der Waals surface area contributed by atoms with E-state index in [9.17, 15) is 19.0 Å². The fraction of sp³-hybridized carbons (Fsp3) is 0.780. The van der Waals surface area contributed by atoms with Gasteiger partial charge in [-0.15, -0.1) is 0 Å². The standard InChI is InChI=1S/C82H148NO8P/c1-6-8-10-12-14-16-18-20-22-24-26-28-30-32-34-35-36-37-38-39-40-41-42-43-44-45-46-47-49-50-52-54-56-58-60-62-64-66-68-70-72-74-81(84)88-78-80(79-90-92(86,87)89-77-76-83(3,4)5)91-82(85)75-73-71-69-67-65-63-61-59-57-55-53-51-48-33-31-29-27-25-23-21-19-17-15-13-11-9-7-2/h9,11,15,17,21,23,27,29,33,48,53,55,59,61,65,67,80H,6-8,10,12-14,16,18-20,22,24-26,28,30-32,34-47,49-52,54,56-58,60,62-64,66,68-79H2,1-5H3/p+1/b11-9-,17-15-,23-21-,29-27-,48-33-,55-53-,61-59-,67-65-. The molecule has 0 aliphatic heterocycles. The number of carbonyl (C=O) groups excluding carboxylic acids is 2. The molecule has 1 N–H and O–H groups in total. The van der Waals surface area contributed by atoms with Gasteiger partial charge in [0.2, 0.25) is 0 Å². The predicted molar refractivity (Wildman–Crippen MR) is 399 cm³/mol. The summed E-state index contributed by atoms with van der Waals surface area (Å²) < 4.78 is 34.7. The highest BCUT2D eigenvalue weighted by molar-refractivity contribution is 7.47. The normalized spacial score (nSPS) is 13.6. The van der Waals surface area contributed by atoms with Crippen molar-refractivity contribution in [2.45, 2.75) is 367 Å². The van der Waals surface area contributed by atoms with Crippen LogP contribution in [0.4, 0.5) is 0 Å². The molecule has 92 heavy (non-hydrogen) atoms. The molecule has 0 aromatic heterocycles. The molecule has 0 fully saturated rings. The third-order valence-corrected chi connectivity index (χ3v) is 18.1. The van der Waals surface area contributed by atoms with Gasteiger partial charge in [0.25, 0.3) is 0 Å². The molecule has 0 aromatic carbocycles. The van der Waals surface area contributed by atoms with E-state index in [2.05, 4.69) is 111 Å². The van der Waals surface area contributed by atoms with Crippen LogP contribution in [0.3, 0.4) is 0 Å². The monoisotopic (exact) mass is 1310 g/mol. The van der Waals surface area contributed by atoms with E-state index in [1.807, 2.05) is 21.1 Å². The maximum absolute atomic E-state index is 12.9. The number of hydrogen-bond acceptors (Lipinski definition) is 7. The van der Waals surface area contributed by atoms with Crippen LogP contribution in [0.15, 0.2) is 97.2 Å². The SMILES string of the molecule is CC/C=C\C/C=C\C/C=C\C/C=C\C/C=C\C/C=C\C/C=C\C/C=C\CCCCC(=O)OC(COC(=O)CCCCCCCCCCCCCCCCCCCCCCCCCCCCCCCCCCCCCCCCCCC)COP(=O)(O)OCC[N+](C)(C)C. The number of nitrogens with zero attached hydrogens (tertiary/aromatic N) is 1. The van der Waals surface area contributed by atoms with Gasteiger partial charge in [-0.2, -0.15) is 0 Å². The summed E-state index contributed by atoms with van der Waals surface area (Å²) in [4.78, 5) is 35.9. The summed E-state index contributed by atoms with van der Waals surface area (Å²) in [5.74, 6) is -0.841. The number of carbonyl (C=O) groups is 2. The third kappa shape index (κ3) is 76.0. The fourth-order valence-corrected chi connectivity index (χ4v) is 12.0. The van der Waals surface area contributed by atoms with Crippen molar-refractivity contribution in [2.24, 2.45) is 0 Å². The Bertz CT molecular complexity index is 1880. The fourth-order valence-electron chi connectivity index (χ4n) is 11.2. The number of phosphoric ester groups is 1. The van der Waals surface area contributed by atoms with Gasteiger partial charge in [0, 0.05) is 12.8 Å². The van der Waals surface area contributed by atoms with Crippen LogP contribution in [-0.4, -0.2) is 74.9 Å². The maximum atomic E-state index is 12.9. The van der Waals surface area contributed by atoms with E-state index in [1.165, 1.54) is 244 Å². The third-order valence-electron chi connectivity index (χ3n) is 17.1. The number of unbranched alkanes of at least 4 members (excludes halogenated alkanes) is 42. The summed E-state index contributed by atoms with van der Waals surface area (Å²) in [7, 11) is 1.45. The molecule has 0 aromatic rings. The molecule has 534 valence electrons. The quantitative estimate of drug-likeness (QED) is 0.0211. The van der Waals surface area contributed by atoms with Crippen LogP contribution < -0.4 is 0 Å². The minimum Gasteiger partial charge on any atom is -0.462 e. The first kappa shape index (κ1) is 88.9. The highest BCUT2D eigenvalue weighted by atomic mass is 31.2. The van der Waals surface area contributed by atoms with E-state index in [4.69, 9.17) is 18.5 Å². The molecule has 0 rings (SSSR count). The molecular formula is C82H149NO8P+. The number of quaternary nitrogens is 1. The van der Waals surface area contributed by atoms with Crippen LogP contribution in [0.5, 0.6) is 0 Å². The van der Waals surface area contributed by atoms with Crippen LogP contribution >= 0.6 is 7.82 Å². The minimum absolute atomic E-state index is 0.0194. The van der Waals surface area contributed by atoms with Gasteiger partial charge < -0.3 is 18.9 Å². The summed E-state index contributed by atoms with van der Waals surface area (Å²) in [5, 5.41) is 0. The molecule has 0 heterocycles. The molecule has 0 saturated carbocycles. The molecule has 0 saturated heterocycles. The van der Waals surface area contributed by atoms with Crippen LogP contribution in [0.1, 0.15) is 361 Å². The van der Waals surface area contributed by atoms with Gasteiger partial charge in [0.15, 0.2) is 6.10 Å². The Hall–Kier alpha value is -3.07. The van der Waals surface area contributed by atoms with Crippen molar-refractivity contribution < 1.29 is 42.1 Å². The molecule has 9 nitrogen and oxygen atoms in total. The van der Waals surface area contributed by atoms with Crippen LogP contribution in [0, 0.1) is 0 Å². The Labute approximate surface area is 570 Å². The largest absolute Gasteiger partial charge is 0.472 e. The molecule has 10 heteroatoms. The van der Waals surface area contributed by atoms with Gasteiger partial charge in [-0.3, -0.25) is 18.6 Å². The zero-order chi connectivity index (χ0) is 66.9.